The van der Waals surface area contributed by atoms with Gasteiger partial charge in [-0.2, -0.15) is 13.2 Å². The minimum atomic E-state index is -4.43. The van der Waals surface area contributed by atoms with Crippen LogP contribution in [0.5, 0.6) is 0 Å². The van der Waals surface area contributed by atoms with Gasteiger partial charge in [0, 0.05) is 12.1 Å². The highest BCUT2D eigenvalue weighted by atomic mass is 19.4. The van der Waals surface area contributed by atoms with Gasteiger partial charge in [-0.25, -0.2) is 0 Å². The molecular weight excluding hydrogens is 235 g/mol. The van der Waals surface area contributed by atoms with Crippen LogP contribution in [0.3, 0.4) is 0 Å². The number of halogens is 3. The van der Waals surface area contributed by atoms with E-state index in [1.807, 2.05) is 0 Å². The van der Waals surface area contributed by atoms with Crippen LogP contribution < -0.4 is 5.32 Å². The predicted molar refractivity (Wildman–Crippen MR) is 55.4 cm³/mol. The fraction of sp³-hybridized carbons (Fsp3) is 0.364. The summed E-state index contributed by atoms with van der Waals surface area (Å²) in [7, 11) is 0. The fourth-order valence-electron chi connectivity index (χ4n) is 1.41. The first-order chi connectivity index (χ1) is 7.86. The maximum atomic E-state index is 12.6. The first-order valence-corrected chi connectivity index (χ1v) is 4.90. The number of hydrogen-bond donors (Lipinski definition) is 1. The molecule has 17 heavy (non-hydrogen) atoms. The molecule has 0 spiro atoms. The first kappa shape index (κ1) is 13.3. The normalized spacial score (nSPS) is 11.3. The summed E-state index contributed by atoms with van der Waals surface area (Å²) in [4.78, 5) is 10.8. The molecular formula is C11H12F3NO2. The summed E-state index contributed by atoms with van der Waals surface area (Å²) < 4.78 is 42.4. The molecule has 1 amide bonds. The topological polar surface area (TPSA) is 42.2 Å². The van der Waals surface area contributed by atoms with Gasteiger partial charge in [0.1, 0.15) is 12.0 Å². The lowest BCUT2D eigenvalue weighted by atomic mass is 10.1. The molecule has 0 fully saturated rings. The number of furan rings is 1. The van der Waals surface area contributed by atoms with E-state index < -0.39 is 17.6 Å². The van der Waals surface area contributed by atoms with Crippen LogP contribution in [0.2, 0.25) is 0 Å². The van der Waals surface area contributed by atoms with Gasteiger partial charge in [0.2, 0.25) is 5.91 Å². The summed E-state index contributed by atoms with van der Waals surface area (Å²) in [6.45, 7) is 4.80. The summed E-state index contributed by atoms with van der Waals surface area (Å²) in [5.74, 6) is -0.204. The second-order valence-corrected chi connectivity index (χ2v) is 3.43. The van der Waals surface area contributed by atoms with Crippen molar-refractivity contribution in [1.29, 1.82) is 0 Å². The molecule has 0 aromatic carbocycles. The highest BCUT2D eigenvalue weighted by Crippen LogP contribution is 2.34. The maximum Gasteiger partial charge on any atom is 0.419 e. The van der Waals surface area contributed by atoms with E-state index in [-0.39, 0.29) is 24.3 Å². The van der Waals surface area contributed by atoms with E-state index in [0.29, 0.717) is 6.26 Å². The van der Waals surface area contributed by atoms with Gasteiger partial charge in [-0.05, 0) is 19.4 Å². The Kier molecular flexibility index (Phi) is 3.98. The van der Waals surface area contributed by atoms with Gasteiger partial charge in [-0.3, -0.25) is 4.79 Å². The van der Waals surface area contributed by atoms with Crippen molar-refractivity contribution in [1.82, 2.24) is 5.32 Å². The number of hydrogen-bond acceptors (Lipinski definition) is 2. The van der Waals surface area contributed by atoms with Gasteiger partial charge in [-0.15, -0.1) is 0 Å². The first-order valence-electron chi connectivity index (χ1n) is 4.90. The van der Waals surface area contributed by atoms with E-state index in [2.05, 4.69) is 11.9 Å². The smallest absolute Gasteiger partial charge is 0.419 e. The van der Waals surface area contributed by atoms with Crippen molar-refractivity contribution >= 4 is 5.91 Å². The Morgan fingerprint density at radius 2 is 2.24 bits per heavy atom. The molecule has 0 radical (unpaired) electrons. The Morgan fingerprint density at radius 1 is 1.59 bits per heavy atom. The van der Waals surface area contributed by atoms with Gasteiger partial charge in [-0.1, -0.05) is 6.58 Å². The standard InChI is InChI=1S/C11H12F3NO2/c1-3-10(16)15-5-4-8-7(2)17-6-9(8)11(12,13)14/h3,6H,1,4-5H2,2H3,(H,15,16). The van der Waals surface area contributed by atoms with E-state index >= 15 is 0 Å². The van der Waals surface area contributed by atoms with Crippen LogP contribution in [0.1, 0.15) is 16.9 Å². The van der Waals surface area contributed by atoms with Crippen molar-refractivity contribution in [2.75, 3.05) is 6.54 Å². The Bertz CT molecular complexity index is 421. The molecule has 1 N–H and O–H groups in total. The SMILES string of the molecule is C=CC(=O)NCCc1c(C(F)(F)F)coc1C. The monoisotopic (exact) mass is 247 g/mol. The Balaban J connectivity index is 2.73. The van der Waals surface area contributed by atoms with Gasteiger partial charge in [0.25, 0.3) is 0 Å². The van der Waals surface area contributed by atoms with E-state index in [1.165, 1.54) is 6.92 Å². The molecule has 0 aliphatic carbocycles. The average Bonchev–Trinajstić information content (AvgIpc) is 2.59. The zero-order valence-electron chi connectivity index (χ0n) is 9.23. The second kappa shape index (κ2) is 5.07. The van der Waals surface area contributed by atoms with Crippen molar-refractivity contribution in [2.45, 2.75) is 19.5 Å². The third-order valence-corrected chi connectivity index (χ3v) is 2.27. The molecule has 1 aromatic rings. The third kappa shape index (κ3) is 3.37. The van der Waals surface area contributed by atoms with Gasteiger partial charge in [0.05, 0.1) is 5.56 Å². The largest absolute Gasteiger partial charge is 0.469 e. The molecule has 1 heterocycles. The molecule has 1 aromatic heterocycles. The van der Waals surface area contributed by atoms with Crippen LogP contribution in [0, 0.1) is 6.92 Å². The number of aryl methyl sites for hydroxylation is 1. The molecule has 6 heteroatoms. The molecule has 0 saturated heterocycles. The lowest BCUT2D eigenvalue weighted by molar-refractivity contribution is -0.138. The Hall–Kier alpha value is -1.72. The van der Waals surface area contributed by atoms with E-state index in [1.54, 1.807) is 0 Å². The van der Waals surface area contributed by atoms with Crippen molar-refractivity contribution < 1.29 is 22.4 Å². The van der Waals surface area contributed by atoms with Gasteiger partial charge in [0.15, 0.2) is 0 Å². The Morgan fingerprint density at radius 3 is 2.76 bits per heavy atom. The molecule has 0 aliphatic heterocycles. The fourth-order valence-corrected chi connectivity index (χ4v) is 1.41. The van der Waals surface area contributed by atoms with Gasteiger partial charge >= 0.3 is 6.18 Å². The highest BCUT2D eigenvalue weighted by Gasteiger charge is 2.35. The number of nitrogens with one attached hydrogen (secondary N) is 1. The molecule has 94 valence electrons. The Labute approximate surface area is 96.3 Å². The summed E-state index contributed by atoms with van der Waals surface area (Å²) in [5, 5.41) is 2.41. The van der Waals surface area contributed by atoms with Crippen LogP contribution in [-0.4, -0.2) is 12.5 Å². The maximum absolute atomic E-state index is 12.6. The van der Waals surface area contributed by atoms with Crippen LogP contribution in [0.25, 0.3) is 0 Å². The summed E-state index contributed by atoms with van der Waals surface area (Å²) >= 11 is 0. The second-order valence-electron chi connectivity index (χ2n) is 3.43. The zero-order valence-corrected chi connectivity index (χ0v) is 9.23. The number of carbonyl (C=O) groups is 1. The average molecular weight is 247 g/mol. The third-order valence-electron chi connectivity index (χ3n) is 2.27. The lowest BCUT2D eigenvalue weighted by Crippen LogP contribution is -2.24. The number of rotatable bonds is 4. The number of carbonyl (C=O) groups excluding carboxylic acids is 1. The number of amides is 1. The number of alkyl halides is 3. The van der Waals surface area contributed by atoms with Crippen LogP contribution in [-0.2, 0) is 17.4 Å². The van der Waals surface area contributed by atoms with Gasteiger partial charge < -0.3 is 9.73 Å². The van der Waals surface area contributed by atoms with Crippen molar-refractivity contribution in [3.05, 3.63) is 35.8 Å². The minimum Gasteiger partial charge on any atom is -0.469 e. The van der Waals surface area contributed by atoms with Crippen molar-refractivity contribution in [2.24, 2.45) is 0 Å². The zero-order chi connectivity index (χ0) is 13.1. The van der Waals surface area contributed by atoms with Crippen LogP contribution in [0.4, 0.5) is 13.2 Å². The van der Waals surface area contributed by atoms with Crippen LogP contribution in [0.15, 0.2) is 23.3 Å². The minimum absolute atomic E-state index is 0.0662. The molecule has 0 bridgehead atoms. The lowest BCUT2D eigenvalue weighted by Gasteiger charge is -2.07. The molecule has 0 saturated carbocycles. The highest BCUT2D eigenvalue weighted by molar-refractivity contribution is 5.86. The predicted octanol–water partition coefficient (Wildman–Crippen LogP) is 2.45. The molecule has 3 nitrogen and oxygen atoms in total. The van der Waals surface area contributed by atoms with E-state index in [9.17, 15) is 18.0 Å². The van der Waals surface area contributed by atoms with Crippen LogP contribution >= 0.6 is 0 Å². The van der Waals surface area contributed by atoms with Crippen molar-refractivity contribution in [3.8, 4) is 0 Å². The van der Waals surface area contributed by atoms with Crippen molar-refractivity contribution in [3.63, 3.8) is 0 Å². The molecule has 0 atom stereocenters. The molecule has 0 unspecified atom stereocenters. The molecule has 0 aliphatic rings. The summed E-state index contributed by atoms with van der Waals surface area (Å²) in [5.41, 5.74) is -0.718. The van der Waals surface area contributed by atoms with E-state index in [0.717, 1.165) is 6.08 Å². The summed E-state index contributed by atoms with van der Waals surface area (Å²) in [6.07, 6.45) is -2.61. The molecule has 1 rings (SSSR count). The quantitative estimate of drug-likeness (QED) is 0.830. The van der Waals surface area contributed by atoms with E-state index in [4.69, 9.17) is 4.42 Å². The summed E-state index contributed by atoms with van der Waals surface area (Å²) in [6, 6.07) is 0.